The van der Waals surface area contributed by atoms with E-state index in [2.05, 4.69) is 25.9 Å². The Balaban J connectivity index is 1.83. The quantitative estimate of drug-likeness (QED) is 0.637. The van der Waals surface area contributed by atoms with E-state index in [4.69, 9.17) is 4.74 Å². The number of nitrogens with zero attached hydrogens (tertiary/aromatic N) is 2. The number of hydrogen-bond acceptors (Lipinski definition) is 4. The van der Waals surface area contributed by atoms with E-state index < -0.39 is 0 Å². The predicted molar refractivity (Wildman–Crippen MR) is 92.4 cm³/mol. The van der Waals surface area contributed by atoms with E-state index in [1.165, 1.54) is 0 Å². The van der Waals surface area contributed by atoms with Gasteiger partial charge in [-0.3, -0.25) is 14.8 Å². The lowest BCUT2D eigenvalue weighted by Gasteiger charge is -2.05. The van der Waals surface area contributed by atoms with E-state index in [1.807, 2.05) is 42.5 Å². The fraction of sp³-hybridized carbons (Fsp3) is 0.167. The number of ketones is 1. The SMILES string of the molecule is COCc1cccc(C(=O)Cc2ccc3ncc(Br)cc3n2)c1. The highest BCUT2D eigenvalue weighted by atomic mass is 79.9. The van der Waals surface area contributed by atoms with Crippen molar-refractivity contribution >= 4 is 32.7 Å². The molecule has 0 aliphatic carbocycles. The molecule has 0 atom stereocenters. The lowest BCUT2D eigenvalue weighted by atomic mass is 10.0. The van der Waals surface area contributed by atoms with Crippen LogP contribution in [0.3, 0.4) is 0 Å². The van der Waals surface area contributed by atoms with E-state index in [-0.39, 0.29) is 12.2 Å². The van der Waals surface area contributed by atoms with Crippen LogP contribution in [0.4, 0.5) is 0 Å². The van der Waals surface area contributed by atoms with Crippen LogP contribution >= 0.6 is 15.9 Å². The van der Waals surface area contributed by atoms with Crippen LogP contribution in [0.1, 0.15) is 21.6 Å². The molecular formula is C18H15BrN2O2. The maximum absolute atomic E-state index is 12.5. The second kappa shape index (κ2) is 6.98. The summed E-state index contributed by atoms with van der Waals surface area (Å²) in [5, 5.41) is 0. The van der Waals surface area contributed by atoms with Gasteiger partial charge in [0, 0.05) is 29.0 Å². The second-order valence-corrected chi connectivity index (χ2v) is 6.14. The molecule has 5 heteroatoms. The Morgan fingerprint density at radius 1 is 1.17 bits per heavy atom. The molecule has 0 unspecified atom stereocenters. The number of Topliss-reactive ketones (excluding diaryl/α,β-unsaturated/α-hetero) is 1. The van der Waals surface area contributed by atoms with Gasteiger partial charge in [-0.25, -0.2) is 0 Å². The van der Waals surface area contributed by atoms with Crippen molar-refractivity contribution in [3.8, 4) is 0 Å². The number of halogens is 1. The van der Waals surface area contributed by atoms with E-state index in [0.29, 0.717) is 12.2 Å². The zero-order valence-corrected chi connectivity index (χ0v) is 14.2. The number of benzene rings is 1. The highest BCUT2D eigenvalue weighted by Crippen LogP contribution is 2.17. The minimum absolute atomic E-state index is 0.0396. The third-order valence-corrected chi connectivity index (χ3v) is 3.90. The van der Waals surface area contributed by atoms with Gasteiger partial charge in [-0.1, -0.05) is 18.2 Å². The van der Waals surface area contributed by atoms with Gasteiger partial charge in [0.15, 0.2) is 5.78 Å². The number of aromatic nitrogens is 2. The van der Waals surface area contributed by atoms with Gasteiger partial charge in [0.25, 0.3) is 0 Å². The summed E-state index contributed by atoms with van der Waals surface area (Å²) in [5.41, 5.74) is 3.98. The molecule has 0 saturated heterocycles. The van der Waals surface area contributed by atoms with Gasteiger partial charge < -0.3 is 4.74 Å². The molecule has 3 aromatic rings. The van der Waals surface area contributed by atoms with Crippen LogP contribution in [0.2, 0.25) is 0 Å². The van der Waals surface area contributed by atoms with E-state index >= 15 is 0 Å². The normalized spacial score (nSPS) is 10.9. The molecule has 0 aliphatic heterocycles. The van der Waals surface area contributed by atoms with E-state index in [9.17, 15) is 4.79 Å². The molecule has 0 radical (unpaired) electrons. The summed E-state index contributed by atoms with van der Waals surface area (Å²) in [7, 11) is 1.64. The average Bonchev–Trinajstić information content (AvgIpc) is 2.55. The summed E-state index contributed by atoms with van der Waals surface area (Å²) in [4.78, 5) is 21.3. The number of carbonyl (C=O) groups excluding carboxylic acids is 1. The standard InChI is InChI=1S/C18H15BrN2O2/c1-23-11-12-3-2-4-13(7-12)18(22)9-15-5-6-16-17(21-15)8-14(19)10-20-16/h2-8,10H,9,11H2,1H3. The number of carbonyl (C=O) groups is 1. The van der Waals surface area contributed by atoms with Gasteiger partial charge in [-0.2, -0.15) is 0 Å². The first-order valence-electron chi connectivity index (χ1n) is 7.18. The first-order chi connectivity index (χ1) is 11.2. The fourth-order valence-corrected chi connectivity index (χ4v) is 2.71. The third-order valence-electron chi connectivity index (χ3n) is 3.46. The Morgan fingerprint density at radius 2 is 2.04 bits per heavy atom. The molecule has 1 aromatic carbocycles. The van der Waals surface area contributed by atoms with Gasteiger partial charge in [0.05, 0.1) is 24.1 Å². The van der Waals surface area contributed by atoms with Crippen molar-refractivity contribution in [1.29, 1.82) is 0 Å². The first kappa shape index (κ1) is 15.8. The van der Waals surface area contributed by atoms with Gasteiger partial charge in [-0.05, 0) is 45.8 Å². The Labute approximate surface area is 142 Å². The zero-order chi connectivity index (χ0) is 16.2. The minimum Gasteiger partial charge on any atom is -0.380 e. The fourth-order valence-electron chi connectivity index (χ4n) is 2.39. The maximum Gasteiger partial charge on any atom is 0.168 e. The molecular weight excluding hydrogens is 356 g/mol. The van der Waals surface area contributed by atoms with Crippen molar-refractivity contribution in [2.24, 2.45) is 0 Å². The van der Waals surface area contributed by atoms with Crippen LogP contribution in [0.5, 0.6) is 0 Å². The van der Waals surface area contributed by atoms with E-state index in [1.54, 1.807) is 13.3 Å². The topological polar surface area (TPSA) is 52.1 Å². The molecule has 0 fully saturated rings. The summed E-state index contributed by atoms with van der Waals surface area (Å²) >= 11 is 3.39. The Morgan fingerprint density at radius 3 is 2.87 bits per heavy atom. The number of fused-ring (bicyclic) bond motifs is 1. The molecule has 23 heavy (non-hydrogen) atoms. The van der Waals surface area contributed by atoms with Crippen LogP contribution in [0.25, 0.3) is 11.0 Å². The molecule has 0 bridgehead atoms. The summed E-state index contributed by atoms with van der Waals surface area (Å²) in [6.45, 7) is 0.495. The predicted octanol–water partition coefficient (Wildman–Crippen LogP) is 3.96. The number of pyridine rings is 2. The Hall–Kier alpha value is -2.11. The Kier molecular flexibility index (Phi) is 4.79. The third kappa shape index (κ3) is 3.81. The summed E-state index contributed by atoms with van der Waals surface area (Å²) in [6, 6.07) is 13.1. The molecule has 116 valence electrons. The number of methoxy groups -OCH3 is 1. The van der Waals surface area contributed by atoms with Crippen LogP contribution in [-0.2, 0) is 17.8 Å². The molecule has 0 spiro atoms. The van der Waals surface area contributed by atoms with Crippen molar-refractivity contribution in [1.82, 2.24) is 9.97 Å². The first-order valence-corrected chi connectivity index (χ1v) is 7.97. The molecule has 0 saturated carbocycles. The highest BCUT2D eigenvalue weighted by molar-refractivity contribution is 9.10. The molecule has 3 rings (SSSR count). The molecule has 0 N–H and O–H groups in total. The summed E-state index contributed by atoms with van der Waals surface area (Å²) < 4.78 is 5.97. The van der Waals surface area contributed by atoms with Crippen LogP contribution in [-0.4, -0.2) is 22.9 Å². The smallest absolute Gasteiger partial charge is 0.168 e. The highest BCUT2D eigenvalue weighted by Gasteiger charge is 2.10. The van der Waals surface area contributed by atoms with Crippen molar-refractivity contribution in [3.05, 3.63) is 70.0 Å². The lowest BCUT2D eigenvalue weighted by molar-refractivity contribution is 0.0991. The molecule has 4 nitrogen and oxygen atoms in total. The van der Waals surface area contributed by atoms with Gasteiger partial charge in [0.1, 0.15) is 0 Å². The van der Waals surface area contributed by atoms with Crippen LogP contribution in [0.15, 0.2) is 53.1 Å². The van der Waals surface area contributed by atoms with Crippen molar-refractivity contribution < 1.29 is 9.53 Å². The lowest BCUT2D eigenvalue weighted by Crippen LogP contribution is -2.06. The average molecular weight is 371 g/mol. The zero-order valence-electron chi connectivity index (χ0n) is 12.6. The second-order valence-electron chi connectivity index (χ2n) is 5.23. The van der Waals surface area contributed by atoms with Crippen LogP contribution < -0.4 is 0 Å². The Bertz CT molecular complexity index is 865. The van der Waals surface area contributed by atoms with Crippen molar-refractivity contribution in [3.63, 3.8) is 0 Å². The van der Waals surface area contributed by atoms with Crippen LogP contribution in [0, 0.1) is 0 Å². The number of ether oxygens (including phenoxy) is 1. The molecule has 0 aliphatic rings. The molecule has 0 amide bonds. The number of rotatable bonds is 5. The maximum atomic E-state index is 12.5. The summed E-state index contributed by atoms with van der Waals surface area (Å²) in [6.07, 6.45) is 2.00. The largest absolute Gasteiger partial charge is 0.380 e. The van der Waals surface area contributed by atoms with E-state index in [0.717, 1.165) is 26.8 Å². The molecule has 2 aromatic heterocycles. The number of hydrogen-bond donors (Lipinski definition) is 0. The van der Waals surface area contributed by atoms with Gasteiger partial charge in [0.2, 0.25) is 0 Å². The molecule has 2 heterocycles. The monoisotopic (exact) mass is 370 g/mol. The minimum atomic E-state index is 0.0396. The van der Waals surface area contributed by atoms with Crippen molar-refractivity contribution in [2.75, 3.05) is 7.11 Å². The van der Waals surface area contributed by atoms with Crippen molar-refractivity contribution in [2.45, 2.75) is 13.0 Å². The summed E-state index contributed by atoms with van der Waals surface area (Å²) in [5.74, 6) is 0.0396. The van der Waals surface area contributed by atoms with Gasteiger partial charge in [-0.15, -0.1) is 0 Å². The van der Waals surface area contributed by atoms with Gasteiger partial charge >= 0.3 is 0 Å².